The predicted molar refractivity (Wildman–Crippen MR) is 86.9 cm³/mol. The van der Waals surface area contributed by atoms with Crippen molar-refractivity contribution in [1.29, 1.82) is 0 Å². The minimum atomic E-state index is -1.28. The predicted octanol–water partition coefficient (Wildman–Crippen LogP) is 4.82. The van der Waals surface area contributed by atoms with Gasteiger partial charge in [-0.25, -0.2) is 9.59 Å². The summed E-state index contributed by atoms with van der Waals surface area (Å²) in [5, 5.41) is 17.8. The highest BCUT2D eigenvalue weighted by atomic mass is 32.1. The van der Waals surface area contributed by atoms with Crippen molar-refractivity contribution >= 4 is 34.6 Å². The fourth-order valence-corrected chi connectivity index (χ4v) is 3.80. The molecule has 3 aromatic rings. The number of carboxylic acids is 2. The molecule has 0 saturated heterocycles. The third-order valence-electron chi connectivity index (χ3n) is 3.30. The van der Waals surface area contributed by atoms with Gasteiger partial charge in [-0.05, 0) is 36.4 Å². The van der Waals surface area contributed by atoms with E-state index in [-0.39, 0.29) is 22.3 Å². The Bertz CT molecular complexity index is 881. The molecule has 8 heteroatoms. The van der Waals surface area contributed by atoms with E-state index < -0.39 is 22.2 Å². The number of thiophene rings is 2. The van der Waals surface area contributed by atoms with Gasteiger partial charge < -0.3 is 10.2 Å². The zero-order valence-corrected chi connectivity index (χ0v) is 13.4. The summed E-state index contributed by atoms with van der Waals surface area (Å²) in [6.45, 7) is 0. The van der Waals surface area contributed by atoms with Gasteiger partial charge in [-0.2, -0.15) is 8.78 Å². The topological polar surface area (TPSA) is 74.6 Å². The summed E-state index contributed by atoms with van der Waals surface area (Å²) >= 11 is 1.44. The fourth-order valence-electron chi connectivity index (χ4n) is 2.28. The third kappa shape index (κ3) is 2.93. The number of halogens is 2. The Labute approximate surface area is 142 Å². The van der Waals surface area contributed by atoms with Crippen LogP contribution < -0.4 is 0 Å². The summed E-state index contributed by atoms with van der Waals surface area (Å²) in [7, 11) is 0. The largest absolute Gasteiger partial charge is 0.478 e. The van der Waals surface area contributed by atoms with Crippen LogP contribution in [0.4, 0.5) is 8.78 Å². The van der Waals surface area contributed by atoms with Crippen molar-refractivity contribution in [3.63, 3.8) is 0 Å². The second-order valence-corrected chi connectivity index (χ2v) is 6.83. The maximum Gasteiger partial charge on any atom is 0.336 e. The highest BCUT2D eigenvalue weighted by Gasteiger charge is 2.22. The lowest BCUT2D eigenvalue weighted by Gasteiger charge is -2.10. The Morgan fingerprint density at radius 2 is 1.12 bits per heavy atom. The normalized spacial score (nSPS) is 10.8. The first-order valence-corrected chi connectivity index (χ1v) is 8.16. The van der Waals surface area contributed by atoms with Gasteiger partial charge in [-0.3, -0.25) is 0 Å². The average Bonchev–Trinajstić information content (AvgIpc) is 3.14. The first-order chi connectivity index (χ1) is 11.4. The Balaban J connectivity index is 2.30. The summed E-state index contributed by atoms with van der Waals surface area (Å²) in [6, 6.07) is 7.49. The van der Waals surface area contributed by atoms with E-state index in [4.69, 9.17) is 0 Å². The van der Waals surface area contributed by atoms with E-state index >= 15 is 0 Å². The molecule has 122 valence electrons. The highest BCUT2D eigenvalue weighted by molar-refractivity contribution is 7.14. The van der Waals surface area contributed by atoms with Crippen molar-refractivity contribution in [2.75, 3.05) is 0 Å². The number of aromatic carboxylic acids is 2. The van der Waals surface area contributed by atoms with Crippen LogP contribution in [0.25, 0.3) is 20.9 Å². The van der Waals surface area contributed by atoms with E-state index in [0.717, 1.165) is 22.7 Å². The monoisotopic (exact) mass is 366 g/mol. The Kier molecular flexibility index (Phi) is 4.16. The third-order valence-corrected chi connectivity index (χ3v) is 5.11. The van der Waals surface area contributed by atoms with E-state index in [1.807, 2.05) is 0 Å². The zero-order valence-electron chi connectivity index (χ0n) is 11.7. The number of hydrogen-bond donors (Lipinski definition) is 2. The Morgan fingerprint density at radius 1 is 0.750 bits per heavy atom. The van der Waals surface area contributed by atoms with Crippen LogP contribution in [0, 0.1) is 10.3 Å². The highest BCUT2D eigenvalue weighted by Crippen LogP contribution is 2.37. The van der Waals surface area contributed by atoms with Crippen LogP contribution >= 0.6 is 22.7 Å². The van der Waals surface area contributed by atoms with Crippen molar-refractivity contribution in [2.45, 2.75) is 0 Å². The standard InChI is InChI=1S/C16H8F2O4S2/c17-13-3-1-11(23-13)7-5-10(16(21)22)8(6-9(7)15(19)20)12-2-4-14(18)24-12/h1-6H,(H,19,20)(H,21,22). The molecule has 1 aromatic carbocycles. The molecule has 24 heavy (non-hydrogen) atoms. The number of benzene rings is 1. The van der Waals surface area contributed by atoms with Gasteiger partial charge in [-0.1, -0.05) is 0 Å². The van der Waals surface area contributed by atoms with Crippen LogP contribution in [0.5, 0.6) is 0 Å². The van der Waals surface area contributed by atoms with Gasteiger partial charge in [0.1, 0.15) is 0 Å². The van der Waals surface area contributed by atoms with E-state index in [2.05, 4.69) is 0 Å². The average molecular weight is 366 g/mol. The smallest absolute Gasteiger partial charge is 0.336 e. The van der Waals surface area contributed by atoms with Gasteiger partial charge in [0, 0.05) is 20.9 Å². The molecule has 0 aliphatic carbocycles. The number of rotatable bonds is 4. The second kappa shape index (κ2) is 6.14. The lowest BCUT2D eigenvalue weighted by molar-refractivity contribution is 0.0682. The summed E-state index contributed by atoms with van der Waals surface area (Å²) in [5.74, 6) is -2.57. The van der Waals surface area contributed by atoms with Crippen molar-refractivity contribution < 1.29 is 28.6 Å². The molecule has 2 heterocycles. The van der Waals surface area contributed by atoms with Gasteiger partial charge in [0.05, 0.1) is 11.1 Å². The van der Waals surface area contributed by atoms with E-state index in [1.165, 1.54) is 36.4 Å². The Morgan fingerprint density at radius 3 is 1.38 bits per heavy atom. The molecule has 0 atom stereocenters. The molecular weight excluding hydrogens is 358 g/mol. The molecule has 0 aliphatic rings. The lowest BCUT2D eigenvalue weighted by atomic mass is 9.96. The molecule has 0 fully saturated rings. The molecule has 0 unspecified atom stereocenters. The van der Waals surface area contributed by atoms with Crippen LogP contribution in [0.3, 0.4) is 0 Å². The minimum Gasteiger partial charge on any atom is -0.478 e. The summed E-state index contributed by atoms with van der Waals surface area (Å²) in [6.07, 6.45) is 0. The SMILES string of the molecule is O=C(O)c1cc(-c2ccc(F)s2)c(C(=O)O)cc1-c1ccc(F)s1. The fraction of sp³-hybridized carbons (Fsp3) is 0. The van der Waals surface area contributed by atoms with Crippen LogP contribution in [-0.2, 0) is 0 Å². The molecule has 0 bridgehead atoms. The molecule has 2 aromatic heterocycles. The van der Waals surface area contributed by atoms with Crippen LogP contribution in [0.15, 0.2) is 36.4 Å². The van der Waals surface area contributed by atoms with Gasteiger partial charge in [0.25, 0.3) is 0 Å². The molecule has 3 rings (SSSR count). The second-order valence-electron chi connectivity index (χ2n) is 4.76. The maximum absolute atomic E-state index is 13.3. The van der Waals surface area contributed by atoms with Gasteiger partial charge >= 0.3 is 11.9 Å². The molecule has 2 N–H and O–H groups in total. The molecule has 0 spiro atoms. The first-order valence-electron chi connectivity index (χ1n) is 6.53. The maximum atomic E-state index is 13.3. The molecule has 0 saturated carbocycles. The van der Waals surface area contributed by atoms with E-state index in [9.17, 15) is 28.6 Å². The summed E-state index contributed by atoms with van der Waals surface area (Å²) in [5.41, 5.74) is -0.138. The molecular formula is C16H8F2O4S2. The first kappa shape index (κ1) is 16.3. The van der Waals surface area contributed by atoms with E-state index in [1.54, 1.807) is 0 Å². The summed E-state index contributed by atoms with van der Waals surface area (Å²) in [4.78, 5) is 23.7. The van der Waals surface area contributed by atoms with Crippen molar-refractivity contribution in [3.05, 3.63) is 57.8 Å². The Hall–Kier alpha value is -2.58. The van der Waals surface area contributed by atoms with Crippen LogP contribution in [-0.4, -0.2) is 22.2 Å². The van der Waals surface area contributed by atoms with Gasteiger partial charge in [-0.15, -0.1) is 22.7 Å². The van der Waals surface area contributed by atoms with Gasteiger partial charge in [0.15, 0.2) is 10.3 Å². The van der Waals surface area contributed by atoms with Crippen molar-refractivity contribution in [1.82, 2.24) is 0 Å². The quantitative estimate of drug-likeness (QED) is 0.694. The minimum absolute atomic E-state index is 0.106. The van der Waals surface area contributed by atoms with Crippen molar-refractivity contribution in [2.24, 2.45) is 0 Å². The van der Waals surface area contributed by atoms with Crippen molar-refractivity contribution in [3.8, 4) is 20.9 Å². The van der Waals surface area contributed by atoms with Crippen LogP contribution in [0.1, 0.15) is 20.7 Å². The lowest BCUT2D eigenvalue weighted by Crippen LogP contribution is -2.05. The number of hydrogen-bond acceptors (Lipinski definition) is 4. The van der Waals surface area contributed by atoms with E-state index in [0.29, 0.717) is 9.75 Å². The summed E-state index contributed by atoms with van der Waals surface area (Å²) < 4.78 is 26.5. The molecule has 0 aliphatic heterocycles. The number of carbonyl (C=O) groups is 2. The number of carboxylic acid groups (broad SMARTS) is 2. The molecule has 0 amide bonds. The van der Waals surface area contributed by atoms with Crippen LogP contribution in [0.2, 0.25) is 0 Å². The zero-order chi connectivity index (χ0) is 17.4. The molecule has 4 nitrogen and oxygen atoms in total. The van der Waals surface area contributed by atoms with Gasteiger partial charge in [0.2, 0.25) is 0 Å². The molecule has 0 radical (unpaired) electrons.